The zero-order valence-corrected chi connectivity index (χ0v) is 13.6. The molecule has 1 unspecified atom stereocenters. The van der Waals surface area contributed by atoms with Gasteiger partial charge >= 0.3 is 0 Å². The number of hydrogen-bond acceptors (Lipinski definition) is 2. The van der Waals surface area contributed by atoms with E-state index in [9.17, 15) is 4.39 Å². The van der Waals surface area contributed by atoms with Crippen LogP contribution >= 0.6 is 15.9 Å². The van der Waals surface area contributed by atoms with E-state index in [1.165, 1.54) is 6.07 Å². The fraction of sp³-hybridized carbons (Fsp3) is 0.294. The fourth-order valence-electron chi connectivity index (χ4n) is 2.00. The van der Waals surface area contributed by atoms with Crippen LogP contribution in [0.15, 0.2) is 53.0 Å². The molecule has 1 N–H and O–H groups in total. The van der Waals surface area contributed by atoms with Crippen molar-refractivity contribution in [2.45, 2.75) is 19.4 Å². The van der Waals surface area contributed by atoms with Gasteiger partial charge in [0.05, 0.1) is 11.1 Å². The number of nitrogens with one attached hydrogen (secondary N) is 1. The van der Waals surface area contributed by atoms with Gasteiger partial charge in [0.15, 0.2) is 0 Å². The van der Waals surface area contributed by atoms with Gasteiger partial charge in [-0.15, -0.1) is 0 Å². The minimum atomic E-state index is -0.234. The molecule has 0 saturated carbocycles. The first-order chi connectivity index (χ1) is 10.2. The van der Waals surface area contributed by atoms with Crippen LogP contribution in [0.25, 0.3) is 0 Å². The van der Waals surface area contributed by atoms with Gasteiger partial charge in [-0.3, -0.25) is 0 Å². The molecule has 0 amide bonds. The summed E-state index contributed by atoms with van der Waals surface area (Å²) in [5.74, 6) is 0.662. The van der Waals surface area contributed by atoms with E-state index in [4.69, 9.17) is 4.74 Å². The molecule has 112 valence electrons. The fourth-order valence-corrected chi connectivity index (χ4v) is 2.39. The molecule has 2 nitrogen and oxygen atoms in total. The first-order valence-corrected chi connectivity index (χ1v) is 7.82. The summed E-state index contributed by atoms with van der Waals surface area (Å²) < 4.78 is 19.3. The van der Waals surface area contributed by atoms with Crippen molar-refractivity contribution in [3.8, 4) is 5.75 Å². The lowest BCUT2D eigenvalue weighted by atomic mass is 10.1. The lowest BCUT2D eigenvalue weighted by molar-refractivity contribution is 0.305. The van der Waals surface area contributed by atoms with Crippen LogP contribution in [0.3, 0.4) is 0 Å². The zero-order chi connectivity index (χ0) is 15.1. The molecule has 0 fully saturated rings. The predicted molar refractivity (Wildman–Crippen MR) is 87.1 cm³/mol. The first-order valence-electron chi connectivity index (χ1n) is 7.03. The summed E-state index contributed by atoms with van der Waals surface area (Å²) in [5.41, 5.74) is 1.06. The van der Waals surface area contributed by atoms with E-state index in [1.54, 1.807) is 6.07 Å². The molecule has 0 aliphatic carbocycles. The second kappa shape index (κ2) is 8.15. The molecule has 2 aromatic rings. The van der Waals surface area contributed by atoms with Gasteiger partial charge in [0, 0.05) is 6.04 Å². The number of hydrogen-bond donors (Lipinski definition) is 1. The quantitative estimate of drug-likeness (QED) is 0.729. The predicted octanol–water partition coefficient (Wildman–Crippen LogP) is 4.71. The van der Waals surface area contributed by atoms with E-state index in [1.807, 2.05) is 36.4 Å². The normalized spacial score (nSPS) is 12.1. The minimum Gasteiger partial charge on any atom is -0.494 e. The second-order valence-electron chi connectivity index (χ2n) is 4.86. The molecular formula is C17H19BrFNO. The van der Waals surface area contributed by atoms with Gasteiger partial charge in [0.1, 0.15) is 11.6 Å². The maximum absolute atomic E-state index is 13.2. The van der Waals surface area contributed by atoms with Crippen molar-refractivity contribution >= 4 is 15.9 Å². The van der Waals surface area contributed by atoms with Crippen molar-refractivity contribution in [3.05, 3.63) is 64.4 Å². The standard InChI is InChI=1S/C17H19BrFNO/c1-13(14-8-9-17(19)16(18)12-14)20-10-5-11-21-15-6-3-2-4-7-15/h2-4,6-9,12-13,20H,5,10-11H2,1H3. The van der Waals surface area contributed by atoms with Gasteiger partial charge in [0.25, 0.3) is 0 Å². The van der Waals surface area contributed by atoms with Gasteiger partial charge in [0.2, 0.25) is 0 Å². The first kappa shape index (κ1) is 16.0. The molecule has 0 heterocycles. The Morgan fingerprint density at radius 3 is 2.67 bits per heavy atom. The number of rotatable bonds is 7. The van der Waals surface area contributed by atoms with E-state index in [0.29, 0.717) is 11.1 Å². The van der Waals surface area contributed by atoms with Crippen LogP contribution in [0.5, 0.6) is 5.75 Å². The number of ether oxygens (including phenoxy) is 1. The van der Waals surface area contributed by atoms with Crippen molar-refractivity contribution in [1.29, 1.82) is 0 Å². The van der Waals surface area contributed by atoms with E-state index in [0.717, 1.165) is 24.3 Å². The van der Waals surface area contributed by atoms with Crippen molar-refractivity contribution in [2.75, 3.05) is 13.2 Å². The smallest absolute Gasteiger partial charge is 0.137 e. The van der Waals surface area contributed by atoms with E-state index >= 15 is 0 Å². The molecule has 0 bridgehead atoms. The van der Waals surface area contributed by atoms with Gasteiger partial charge < -0.3 is 10.1 Å². The Morgan fingerprint density at radius 1 is 1.19 bits per heavy atom. The lowest BCUT2D eigenvalue weighted by Crippen LogP contribution is -2.21. The van der Waals surface area contributed by atoms with Crippen molar-refractivity contribution in [3.63, 3.8) is 0 Å². The van der Waals surface area contributed by atoms with Crippen LogP contribution in [0.1, 0.15) is 24.9 Å². The molecule has 2 rings (SSSR count). The lowest BCUT2D eigenvalue weighted by Gasteiger charge is -2.15. The average Bonchev–Trinajstić information content (AvgIpc) is 2.50. The highest BCUT2D eigenvalue weighted by atomic mass is 79.9. The number of benzene rings is 2. The van der Waals surface area contributed by atoms with Gasteiger partial charge in [-0.05, 0) is 65.6 Å². The highest BCUT2D eigenvalue weighted by Gasteiger charge is 2.07. The number of para-hydroxylation sites is 1. The van der Waals surface area contributed by atoms with Gasteiger partial charge in [-0.25, -0.2) is 4.39 Å². The topological polar surface area (TPSA) is 21.3 Å². The average molecular weight is 352 g/mol. The highest BCUT2D eigenvalue weighted by molar-refractivity contribution is 9.10. The second-order valence-corrected chi connectivity index (χ2v) is 5.72. The molecule has 0 saturated heterocycles. The van der Waals surface area contributed by atoms with Crippen LogP contribution in [0.2, 0.25) is 0 Å². The summed E-state index contributed by atoms with van der Waals surface area (Å²) in [6.07, 6.45) is 0.918. The third-order valence-electron chi connectivity index (χ3n) is 3.23. The molecule has 4 heteroatoms. The molecule has 21 heavy (non-hydrogen) atoms. The Labute approximate surface area is 133 Å². The largest absolute Gasteiger partial charge is 0.494 e. The Balaban J connectivity index is 1.69. The molecule has 2 aromatic carbocycles. The summed E-state index contributed by atoms with van der Waals surface area (Å²) in [6, 6.07) is 15.1. The van der Waals surface area contributed by atoms with Gasteiger partial charge in [-0.1, -0.05) is 24.3 Å². The third-order valence-corrected chi connectivity index (χ3v) is 3.83. The number of halogens is 2. The van der Waals surface area contributed by atoms with Crippen LogP contribution < -0.4 is 10.1 Å². The summed E-state index contributed by atoms with van der Waals surface area (Å²) in [6.45, 7) is 3.59. The zero-order valence-electron chi connectivity index (χ0n) is 12.0. The van der Waals surface area contributed by atoms with Crippen LogP contribution in [-0.4, -0.2) is 13.2 Å². The van der Waals surface area contributed by atoms with E-state index in [2.05, 4.69) is 28.2 Å². The molecule has 0 aliphatic rings. The van der Waals surface area contributed by atoms with Crippen molar-refractivity contribution in [1.82, 2.24) is 5.32 Å². The Hall–Kier alpha value is -1.39. The van der Waals surface area contributed by atoms with Crippen LogP contribution in [0, 0.1) is 5.82 Å². The molecule has 0 spiro atoms. The summed E-state index contributed by atoms with van der Waals surface area (Å²) in [5, 5.41) is 3.41. The van der Waals surface area contributed by atoms with Crippen molar-refractivity contribution in [2.24, 2.45) is 0 Å². The maximum atomic E-state index is 13.2. The Kier molecular flexibility index (Phi) is 6.21. The van der Waals surface area contributed by atoms with E-state index < -0.39 is 0 Å². The summed E-state index contributed by atoms with van der Waals surface area (Å²) >= 11 is 3.21. The maximum Gasteiger partial charge on any atom is 0.137 e. The molecular weight excluding hydrogens is 333 g/mol. The molecule has 0 radical (unpaired) electrons. The minimum absolute atomic E-state index is 0.179. The Bertz CT molecular complexity index is 562. The Morgan fingerprint density at radius 2 is 1.95 bits per heavy atom. The van der Waals surface area contributed by atoms with Gasteiger partial charge in [-0.2, -0.15) is 0 Å². The van der Waals surface area contributed by atoms with Crippen molar-refractivity contribution < 1.29 is 9.13 Å². The molecule has 0 aliphatic heterocycles. The summed E-state index contributed by atoms with van der Waals surface area (Å²) in [4.78, 5) is 0. The monoisotopic (exact) mass is 351 g/mol. The van der Waals surface area contributed by atoms with E-state index in [-0.39, 0.29) is 11.9 Å². The highest BCUT2D eigenvalue weighted by Crippen LogP contribution is 2.21. The van der Waals surface area contributed by atoms with Crippen LogP contribution in [-0.2, 0) is 0 Å². The molecule has 1 atom stereocenters. The molecule has 0 aromatic heterocycles. The van der Waals surface area contributed by atoms with Crippen LogP contribution in [0.4, 0.5) is 4.39 Å². The summed E-state index contributed by atoms with van der Waals surface area (Å²) in [7, 11) is 0. The SMILES string of the molecule is CC(NCCCOc1ccccc1)c1ccc(F)c(Br)c1. The third kappa shape index (κ3) is 5.14.